The Morgan fingerprint density at radius 2 is 1.52 bits per heavy atom. The van der Waals surface area contributed by atoms with E-state index in [4.69, 9.17) is 0 Å². The second-order valence-corrected chi connectivity index (χ2v) is 6.96. The van der Waals surface area contributed by atoms with Crippen molar-refractivity contribution in [2.45, 2.75) is 38.0 Å². The summed E-state index contributed by atoms with van der Waals surface area (Å²) < 4.78 is 111. The lowest BCUT2D eigenvalue weighted by molar-refractivity contribution is -0.394. The molecule has 0 aromatic heterocycles. The number of aliphatic hydroxyl groups is 1. The molecule has 1 aliphatic rings. The molecule has 0 spiro atoms. The summed E-state index contributed by atoms with van der Waals surface area (Å²) in [5.41, 5.74) is -11.5. The quantitative estimate of drug-likeness (QED) is 0.519. The Morgan fingerprint density at radius 3 is 1.90 bits per heavy atom. The number of aldehydes is 1. The van der Waals surface area contributed by atoms with Gasteiger partial charge in [-0.05, 0) is 23.1 Å². The van der Waals surface area contributed by atoms with Crippen LogP contribution in [0.15, 0.2) is 47.8 Å². The summed E-state index contributed by atoms with van der Waals surface area (Å²) in [5.74, 6) is -2.77. The first-order valence-corrected chi connectivity index (χ1v) is 8.30. The molecule has 0 bridgehead atoms. The van der Waals surface area contributed by atoms with Crippen molar-refractivity contribution in [1.29, 1.82) is 0 Å². The minimum Gasteiger partial charge on any atom is -0.373 e. The van der Waals surface area contributed by atoms with E-state index in [0.717, 1.165) is 0 Å². The summed E-state index contributed by atoms with van der Waals surface area (Å²) in [5, 5.41) is 9.75. The highest BCUT2D eigenvalue weighted by atomic mass is 19.4. The van der Waals surface area contributed by atoms with E-state index in [1.807, 2.05) is 0 Å². The van der Waals surface area contributed by atoms with E-state index in [1.54, 1.807) is 0 Å². The third-order valence-corrected chi connectivity index (χ3v) is 4.91. The molecule has 0 saturated carbocycles. The van der Waals surface area contributed by atoms with Crippen LogP contribution in [0.3, 0.4) is 0 Å². The molecule has 2 atom stereocenters. The molecule has 1 aromatic carbocycles. The molecule has 1 N–H and O–H groups in total. The van der Waals surface area contributed by atoms with Crippen LogP contribution in [-0.2, 0) is 4.79 Å². The molecule has 1 aromatic rings. The van der Waals surface area contributed by atoms with Crippen molar-refractivity contribution in [2.75, 3.05) is 0 Å². The third kappa shape index (κ3) is 3.27. The summed E-state index contributed by atoms with van der Waals surface area (Å²) in [6.45, 7) is 2.44. The average Bonchev–Trinajstić information content (AvgIpc) is 2.60. The largest absolute Gasteiger partial charge is 0.427 e. The van der Waals surface area contributed by atoms with Crippen molar-refractivity contribution >= 4 is 11.9 Å². The van der Waals surface area contributed by atoms with Crippen molar-refractivity contribution in [3.8, 4) is 0 Å². The Morgan fingerprint density at radius 1 is 1.03 bits per heavy atom. The Hall–Kier alpha value is -2.23. The van der Waals surface area contributed by atoms with Crippen LogP contribution >= 0.6 is 0 Å². The van der Waals surface area contributed by atoms with Crippen molar-refractivity contribution in [3.63, 3.8) is 0 Å². The Labute approximate surface area is 160 Å². The first-order chi connectivity index (χ1) is 13.2. The maximum Gasteiger partial charge on any atom is 0.427 e. The molecule has 0 fully saturated rings. The number of rotatable bonds is 4. The van der Waals surface area contributed by atoms with Gasteiger partial charge in [0.15, 0.2) is 0 Å². The highest BCUT2D eigenvalue weighted by Gasteiger charge is 2.82. The van der Waals surface area contributed by atoms with Crippen LogP contribution in [-0.4, -0.2) is 35.5 Å². The van der Waals surface area contributed by atoms with E-state index in [2.05, 4.69) is 0 Å². The molecule has 160 valence electrons. The summed E-state index contributed by atoms with van der Waals surface area (Å²) in [4.78, 5) is 11.6. The van der Waals surface area contributed by atoms with Crippen LogP contribution in [0.4, 0.5) is 35.1 Å². The second kappa shape index (κ2) is 7.23. The average molecular weight is 428 g/mol. The van der Waals surface area contributed by atoms with Crippen LogP contribution < -0.4 is 0 Å². The van der Waals surface area contributed by atoms with Gasteiger partial charge in [-0.2, -0.15) is 26.3 Å². The van der Waals surface area contributed by atoms with Gasteiger partial charge < -0.3 is 9.90 Å². The van der Waals surface area contributed by atoms with E-state index < -0.39 is 64.8 Å². The van der Waals surface area contributed by atoms with Crippen molar-refractivity contribution < 1.29 is 45.0 Å². The maximum absolute atomic E-state index is 15.4. The monoisotopic (exact) mass is 428 g/mol. The van der Waals surface area contributed by atoms with E-state index in [0.29, 0.717) is 0 Å². The van der Waals surface area contributed by atoms with Crippen molar-refractivity contribution in [3.05, 3.63) is 53.4 Å². The summed E-state index contributed by atoms with van der Waals surface area (Å²) in [6.07, 6.45) is -17.8. The summed E-state index contributed by atoms with van der Waals surface area (Å²) in [6, 6.07) is 6.89. The van der Waals surface area contributed by atoms with E-state index in [-0.39, 0.29) is 5.56 Å². The van der Waals surface area contributed by atoms with E-state index >= 15 is 4.39 Å². The molecule has 1 aliphatic carbocycles. The lowest BCUT2D eigenvalue weighted by Gasteiger charge is -2.47. The number of hydrogen-bond donors (Lipinski definition) is 1. The van der Waals surface area contributed by atoms with E-state index in [9.17, 15) is 40.6 Å². The van der Waals surface area contributed by atoms with E-state index in [1.165, 1.54) is 44.2 Å². The highest BCUT2D eigenvalue weighted by Crippen LogP contribution is 2.59. The number of allylic oxidation sites excluding steroid dienone is 3. The minimum atomic E-state index is -6.53. The molecular formula is C19H16F8O2. The number of halogens is 8. The molecule has 0 heterocycles. The van der Waals surface area contributed by atoms with Gasteiger partial charge in [-0.3, -0.25) is 0 Å². The fourth-order valence-electron chi connectivity index (χ4n) is 3.49. The molecule has 0 aliphatic heterocycles. The fraction of sp³-hybridized carbons (Fsp3) is 0.421. The van der Waals surface area contributed by atoms with Gasteiger partial charge in [0.1, 0.15) is 23.7 Å². The lowest BCUT2D eigenvalue weighted by Crippen LogP contribution is -2.70. The molecule has 29 heavy (non-hydrogen) atoms. The number of carbonyl (C=O) groups is 1. The number of carbonyl (C=O) groups excluding carboxylic acids is 1. The zero-order valence-corrected chi connectivity index (χ0v) is 15.1. The molecular weight excluding hydrogens is 412 g/mol. The van der Waals surface area contributed by atoms with Crippen LogP contribution in [0.25, 0.3) is 5.57 Å². The summed E-state index contributed by atoms with van der Waals surface area (Å²) >= 11 is 0. The second-order valence-electron chi connectivity index (χ2n) is 6.96. The Bertz CT molecular complexity index is 822. The maximum atomic E-state index is 15.4. The zero-order valence-electron chi connectivity index (χ0n) is 15.1. The normalized spacial score (nSPS) is 24.0. The minimum absolute atomic E-state index is 0.00495. The van der Waals surface area contributed by atoms with Crippen molar-refractivity contribution in [1.82, 2.24) is 0 Å². The highest BCUT2D eigenvalue weighted by molar-refractivity contribution is 5.86. The van der Waals surface area contributed by atoms with Crippen molar-refractivity contribution in [2.24, 2.45) is 11.3 Å². The van der Waals surface area contributed by atoms with Gasteiger partial charge in [-0.15, -0.1) is 0 Å². The van der Waals surface area contributed by atoms with Gasteiger partial charge in [-0.25, -0.2) is 8.78 Å². The molecule has 10 heteroatoms. The van der Waals surface area contributed by atoms with Gasteiger partial charge in [0.2, 0.25) is 0 Å². The number of benzene rings is 1. The number of alkyl halides is 7. The predicted molar refractivity (Wildman–Crippen MR) is 87.8 cm³/mol. The van der Waals surface area contributed by atoms with Crippen LogP contribution in [0, 0.1) is 11.3 Å². The van der Waals surface area contributed by atoms with Gasteiger partial charge in [-0.1, -0.05) is 44.2 Å². The third-order valence-electron chi connectivity index (χ3n) is 4.91. The molecule has 0 radical (unpaired) electrons. The van der Waals surface area contributed by atoms with Gasteiger partial charge in [0.05, 0.1) is 0 Å². The first-order valence-electron chi connectivity index (χ1n) is 8.30. The zero-order chi connectivity index (χ0) is 22.4. The topological polar surface area (TPSA) is 37.3 Å². The van der Waals surface area contributed by atoms with Gasteiger partial charge >= 0.3 is 12.4 Å². The molecule has 0 saturated heterocycles. The molecule has 2 unspecified atom stereocenters. The predicted octanol–water partition coefficient (Wildman–Crippen LogP) is 5.34. The molecule has 2 nitrogen and oxygen atoms in total. The van der Waals surface area contributed by atoms with Gasteiger partial charge in [0.25, 0.3) is 5.60 Å². The SMILES string of the molecule is CC(C)C1=C(c2ccccc2)C(F)=CC(C=O)(C(O)(C(F)(F)F)C(F)(F)F)C1F. The lowest BCUT2D eigenvalue weighted by atomic mass is 9.61. The molecule has 0 amide bonds. The first kappa shape index (κ1) is 23.1. The molecule has 2 rings (SSSR count). The number of hydrogen-bond acceptors (Lipinski definition) is 2. The van der Waals surface area contributed by atoms with Crippen LogP contribution in [0.2, 0.25) is 0 Å². The Kier molecular flexibility index (Phi) is 5.75. The Balaban J connectivity index is 2.92. The van der Waals surface area contributed by atoms with Gasteiger partial charge in [0, 0.05) is 5.57 Å². The summed E-state index contributed by atoms with van der Waals surface area (Å²) in [7, 11) is 0. The fourth-order valence-corrected chi connectivity index (χ4v) is 3.49. The standard InChI is InChI=1S/C19H16F8O2/c1-10(2)13-14(11-6-4-3-5-7-11)12(20)8-16(9-28,15(13)21)17(29,18(22,23)24)19(25,26)27/h3-10,15,29H,1-2H3. The smallest absolute Gasteiger partial charge is 0.373 e. The van der Waals surface area contributed by atoms with Crippen LogP contribution in [0.5, 0.6) is 0 Å². The van der Waals surface area contributed by atoms with Crippen LogP contribution in [0.1, 0.15) is 19.4 Å².